The molecule has 1 aliphatic rings. The van der Waals surface area contributed by atoms with Crippen LogP contribution >= 0.6 is 0 Å². The van der Waals surface area contributed by atoms with Crippen molar-refractivity contribution in [3.05, 3.63) is 47.8 Å². The van der Waals surface area contributed by atoms with Crippen molar-refractivity contribution in [2.75, 3.05) is 13.1 Å². The Hall–Kier alpha value is -3.23. The molecule has 28 heavy (non-hydrogen) atoms. The number of aromatic nitrogens is 3. The van der Waals surface area contributed by atoms with E-state index in [4.69, 9.17) is 5.11 Å². The molecule has 0 radical (unpaired) electrons. The van der Waals surface area contributed by atoms with Crippen molar-refractivity contribution in [2.24, 2.45) is 5.92 Å². The van der Waals surface area contributed by atoms with Gasteiger partial charge in [-0.3, -0.25) is 14.4 Å². The quantitative estimate of drug-likeness (QED) is 0.715. The van der Waals surface area contributed by atoms with Gasteiger partial charge in [0, 0.05) is 13.1 Å². The summed E-state index contributed by atoms with van der Waals surface area (Å²) in [6, 6.07) is 9.56. The van der Waals surface area contributed by atoms with Crippen LogP contribution in [0.25, 0.3) is 0 Å². The smallest absolute Gasteiger partial charge is 0.325 e. The van der Waals surface area contributed by atoms with E-state index in [2.05, 4.69) is 15.6 Å². The number of hydrogen-bond donors (Lipinski definition) is 2. The first kappa shape index (κ1) is 19.5. The van der Waals surface area contributed by atoms with E-state index in [1.165, 1.54) is 10.9 Å². The van der Waals surface area contributed by atoms with Crippen molar-refractivity contribution in [1.29, 1.82) is 0 Å². The maximum absolute atomic E-state index is 12.5. The van der Waals surface area contributed by atoms with Gasteiger partial charge in [0.1, 0.15) is 12.2 Å². The van der Waals surface area contributed by atoms with Crippen LogP contribution in [0.3, 0.4) is 0 Å². The minimum absolute atomic E-state index is 0.0281. The third kappa shape index (κ3) is 5.38. The number of carbonyl (C=O) groups is 3. The number of carbonyl (C=O) groups excluding carboxylic acids is 2. The van der Waals surface area contributed by atoms with E-state index in [0.717, 1.165) is 18.4 Å². The van der Waals surface area contributed by atoms with Crippen LogP contribution in [0.2, 0.25) is 0 Å². The van der Waals surface area contributed by atoms with Gasteiger partial charge >= 0.3 is 5.97 Å². The highest BCUT2D eigenvalue weighted by atomic mass is 16.4. The fraction of sp³-hybridized carbons (Fsp3) is 0.421. The zero-order chi connectivity index (χ0) is 19.9. The van der Waals surface area contributed by atoms with Crippen LogP contribution in [0.4, 0.5) is 0 Å². The van der Waals surface area contributed by atoms with E-state index in [9.17, 15) is 14.4 Å². The fourth-order valence-corrected chi connectivity index (χ4v) is 3.26. The lowest BCUT2D eigenvalue weighted by molar-refractivity contribution is -0.138. The molecule has 1 aromatic heterocycles. The van der Waals surface area contributed by atoms with Gasteiger partial charge in [0.15, 0.2) is 0 Å². The molecule has 1 atom stereocenters. The number of nitrogens with one attached hydrogen (secondary N) is 1. The van der Waals surface area contributed by atoms with Gasteiger partial charge in [0.25, 0.3) is 0 Å². The summed E-state index contributed by atoms with van der Waals surface area (Å²) < 4.78 is 1.20. The molecule has 1 aliphatic heterocycles. The largest absolute Gasteiger partial charge is 0.480 e. The van der Waals surface area contributed by atoms with Crippen LogP contribution in [0.1, 0.15) is 24.1 Å². The zero-order valence-corrected chi connectivity index (χ0v) is 15.5. The number of hydrogen-bond acceptors (Lipinski definition) is 5. The second kappa shape index (κ2) is 9.12. The average Bonchev–Trinajstić information content (AvgIpc) is 3.13. The molecule has 9 nitrogen and oxygen atoms in total. The second-order valence-electron chi connectivity index (χ2n) is 6.86. The van der Waals surface area contributed by atoms with Crippen molar-refractivity contribution >= 4 is 17.8 Å². The monoisotopic (exact) mass is 385 g/mol. The lowest BCUT2D eigenvalue weighted by Gasteiger charge is -2.32. The number of benzene rings is 1. The van der Waals surface area contributed by atoms with Gasteiger partial charge in [-0.05, 0) is 18.4 Å². The lowest BCUT2D eigenvalue weighted by Crippen LogP contribution is -2.45. The number of carboxylic acids is 1. The van der Waals surface area contributed by atoms with Crippen LogP contribution in [-0.4, -0.2) is 55.9 Å². The summed E-state index contributed by atoms with van der Waals surface area (Å²) in [5.41, 5.74) is 1.45. The summed E-state index contributed by atoms with van der Waals surface area (Å²) in [6.07, 6.45) is 3.34. The van der Waals surface area contributed by atoms with Crippen LogP contribution in [-0.2, 0) is 33.9 Å². The van der Waals surface area contributed by atoms with E-state index in [1.54, 1.807) is 4.90 Å². The zero-order valence-electron chi connectivity index (χ0n) is 15.5. The Morgan fingerprint density at radius 3 is 2.75 bits per heavy atom. The Balaban J connectivity index is 1.49. The molecule has 1 fully saturated rings. The number of amides is 2. The lowest BCUT2D eigenvalue weighted by atomic mass is 9.96. The highest BCUT2D eigenvalue weighted by Gasteiger charge is 2.28. The van der Waals surface area contributed by atoms with Gasteiger partial charge in [-0.1, -0.05) is 35.5 Å². The van der Waals surface area contributed by atoms with Crippen molar-refractivity contribution in [3.63, 3.8) is 0 Å². The standard InChI is InChI=1S/C19H23N5O4/c25-17(9-14-5-2-1-3-6-14)23-8-4-7-15(11-23)19(28)20-10-16-12-24(22-21-16)13-18(26)27/h1-3,5-6,12,15H,4,7-11,13H2,(H,20,28)(H,26,27). The van der Waals surface area contributed by atoms with Crippen molar-refractivity contribution in [2.45, 2.75) is 32.4 Å². The van der Waals surface area contributed by atoms with Crippen molar-refractivity contribution in [3.8, 4) is 0 Å². The van der Waals surface area contributed by atoms with Crippen molar-refractivity contribution < 1.29 is 19.5 Å². The number of likely N-dealkylation sites (tertiary alicyclic amines) is 1. The van der Waals surface area contributed by atoms with E-state index >= 15 is 0 Å². The molecule has 9 heteroatoms. The molecule has 0 aliphatic carbocycles. The first-order valence-corrected chi connectivity index (χ1v) is 9.21. The van der Waals surface area contributed by atoms with E-state index in [0.29, 0.717) is 25.2 Å². The second-order valence-corrected chi connectivity index (χ2v) is 6.86. The Bertz CT molecular complexity index is 836. The molecule has 2 N–H and O–H groups in total. The molecule has 1 saturated heterocycles. The van der Waals surface area contributed by atoms with Crippen LogP contribution in [0, 0.1) is 5.92 Å². The molecular weight excluding hydrogens is 362 g/mol. The fourth-order valence-electron chi connectivity index (χ4n) is 3.26. The molecule has 2 amide bonds. The number of carboxylic acid groups (broad SMARTS) is 1. The molecule has 2 aromatic rings. The molecule has 2 heterocycles. The molecule has 0 bridgehead atoms. The van der Waals surface area contributed by atoms with Gasteiger partial charge in [-0.15, -0.1) is 5.10 Å². The first-order valence-electron chi connectivity index (χ1n) is 9.21. The number of nitrogens with zero attached hydrogens (tertiary/aromatic N) is 4. The third-order valence-electron chi connectivity index (χ3n) is 4.67. The molecule has 1 unspecified atom stereocenters. The van der Waals surface area contributed by atoms with Gasteiger partial charge < -0.3 is 15.3 Å². The number of piperidine rings is 1. The third-order valence-corrected chi connectivity index (χ3v) is 4.67. The van der Waals surface area contributed by atoms with Crippen LogP contribution in [0.15, 0.2) is 36.5 Å². The predicted molar refractivity (Wildman–Crippen MR) is 99.0 cm³/mol. The number of rotatable bonds is 7. The molecule has 3 rings (SSSR count). The van der Waals surface area contributed by atoms with E-state index in [-0.39, 0.29) is 30.8 Å². The first-order chi connectivity index (χ1) is 13.5. The molecular formula is C19H23N5O4. The summed E-state index contributed by atoms with van der Waals surface area (Å²) in [6.45, 7) is 0.969. The minimum Gasteiger partial charge on any atom is -0.480 e. The van der Waals surface area contributed by atoms with Gasteiger partial charge in [0.05, 0.1) is 25.1 Å². The summed E-state index contributed by atoms with van der Waals surface area (Å²) in [4.78, 5) is 37.4. The van der Waals surface area contributed by atoms with Gasteiger partial charge in [-0.2, -0.15) is 0 Å². The van der Waals surface area contributed by atoms with Gasteiger partial charge in [0.2, 0.25) is 11.8 Å². The highest BCUT2D eigenvalue weighted by molar-refractivity contribution is 5.82. The highest BCUT2D eigenvalue weighted by Crippen LogP contribution is 2.18. The van der Waals surface area contributed by atoms with Gasteiger partial charge in [-0.25, -0.2) is 4.68 Å². The Labute approximate surface area is 162 Å². The average molecular weight is 385 g/mol. The van der Waals surface area contributed by atoms with E-state index < -0.39 is 5.97 Å². The molecule has 0 spiro atoms. The summed E-state index contributed by atoms with van der Waals surface area (Å²) in [7, 11) is 0. The molecule has 148 valence electrons. The summed E-state index contributed by atoms with van der Waals surface area (Å²) in [5.74, 6) is -1.38. The van der Waals surface area contributed by atoms with Crippen LogP contribution in [0.5, 0.6) is 0 Å². The Kier molecular flexibility index (Phi) is 6.36. The Morgan fingerprint density at radius 1 is 1.21 bits per heavy atom. The maximum Gasteiger partial charge on any atom is 0.325 e. The van der Waals surface area contributed by atoms with Crippen LogP contribution < -0.4 is 5.32 Å². The molecule has 1 aromatic carbocycles. The predicted octanol–water partition coefficient (Wildman–Crippen LogP) is 0.460. The Morgan fingerprint density at radius 2 is 2.00 bits per heavy atom. The maximum atomic E-state index is 12.5. The topological polar surface area (TPSA) is 117 Å². The normalized spacial score (nSPS) is 16.6. The SMILES string of the molecule is O=C(O)Cn1cc(CNC(=O)C2CCCN(C(=O)Cc3ccccc3)C2)nn1. The van der Waals surface area contributed by atoms with Crippen molar-refractivity contribution in [1.82, 2.24) is 25.2 Å². The molecule has 0 saturated carbocycles. The van der Waals surface area contributed by atoms with E-state index in [1.807, 2.05) is 30.3 Å². The summed E-state index contributed by atoms with van der Waals surface area (Å²) in [5, 5.41) is 19.1. The summed E-state index contributed by atoms with van der Waals surface area (Å²) >= 11 is 0. The minimum atomic E-state index is -1.01. The number of aliphatic carboxylic acids is 1.